The van der Waals surface area contributed by atoms with E-state index >= 15 is 0 Å². The Labute approximate surface area is 151 Å². The Morgan fingerprint density at radius 3 is 2.67 bits per heavy atom. The van der Waals surface area contributed by atoms with Gasteiger partial charge in [-0.1, -0.05) is 6.07 Å². The van der Waals surface area contributed by atoms with Crippen molar-refractivity contribution in [2.75, 3.05) is 6.61 Å². The van der Waals surface area contributed by atoms with E-state index in [1.165, 1.54) is 42.5 Å². The fourth-order valence-corrected chi connectivity index (χ4v) is 2.04. The molecule has 138 valence electrons. The highest BCUT2D eigenvalue weighted by Crippen LogP contribution is 2.21. The quantitative estimate of drug-likeness (QED) is 0.352. The average Bonchev–Trinajstić information content (AvgIpc) is 3.14. The molecule has 9 nitrogen and oxygen atoms in total. The molecule has 0 N–H and O–H groups in total. The Bertz CT molecular complexity index is 957. The van der Waals surface area contributed by atoms with Gasteiger partial charge in [-0.3, -0.25) is 10.1 Å². The number of aromatic nitrogens is 2. The summed E-state index contributed by atoms with van der Waals surface area (Å²) in [5, 5.41) is 18.2. The number of rotatable bonds is 7. The van der Waals surface area contributed by atoms with E-state index in [2.05, 4.69) is 10.2 Å². The van der Waals surface area contributed by atoms with Gasteiger partial charge in [0.2, 0.25) is 5.89 Å². The molecule has 10 heteroatoms. The molecule has 0 fully saturated rings. The number of hydrogen-bond acceptors (Lipinski definition) is 8. The molecule has 0 atom stereocenters. The van der Waals surface area contributed by atoms with Gasteiger partial charge in [0, 0.05) is 23.8 Å². The number of nitro benzene ring substituents is 1. The second-order valence-electron chi connectivity index (χ2n) is 5.21. The molecule has 0 aliphatic carbocycles. The number of non-ortho nitro benzene ring substituents is 1. The second-order valence-corrected chi connectivity index (χ2v) is 5.21. The van der Waals surface area contributed by atoms with Gasteiger partial charge in [-0.2, -0.15) is 0 Å². The topological polar surface area (TPSA) is 118 Å². The minimum atomic E-state index is -0.700. The van der Waals surface area contributed by atoms with Crippen LogP contribution < -0.4 is 4.74 Å². The number of halogens is 1. The van der Waals surface area contributed by atoms with E-state index in [1.807, 2.05) is 0 Å². The molecule has 0 radical (unpaired) electrons. The molecular formula is C17H12FN3O6. The van der Waals surface area contributed by atoms with Gasteiger partial charge >= 0.3 is 5.97 Å². The van der Waals surface area contributed by atoms with Crippen LogP contribution in [0.4, 0.5) is 10.1 Å². The first-order valence-electron chi connectivity index (χ1n) is 7.62. The van der Waals surface area contributed by atoms with Crippen LogP contribution in [0.1, 0.15) is 5.89 Å². The highest BCUT2D eigenvalue weighted by molar-refractivity contribution is 5.71. The summed E-state index contributed by atoms with van der Waals surface area (Å²) < 4.78 is 28.4. The van der Waals surface area contributed by atoms with E-state index in [9.17, 15) is 19.3 Å². The van der Waals surface area contributed by atoms with Gasteiger partial charge in [0.1, 0.15) is 11.6 Å². The van der Waals surface area contributed by atoms with Crippen molar-refractivity contribution in [1.82, 2.24) is 10.2 Å². The number of nitrogens with zero attached hydrogens (tertiary/aromatic N) is 3. The molecule has 0 unspecified atom stereocenters. The first kappa shape index (κ1) is 18.0. The van der Waals surface area contributed by atoms with Gasteiger partial charge in [0.25, 0.3) is 11.6 Å². The number of carbonyl (C=O) groups is 1. The summed E-state index contributed by atoms with van der Waals surface area (Å²) in [4.78, 5) is 21.8. The van der Waals surface area contributed by atoms with Gasteiger partial charge in [-0.15, -0.1) is 10.2 Å². The molecule has 0 bridgehead atoms. The molecule has 0 spiro atoms. The molecule has 1 heterocycles. The molecule has 0 saturated heterocycles. The van der Waals surface area contributed by atoms with Crippen LogP contribution in [0.25, 0.3) is 11.5 Å². The third kappa shape index (κ3) is 4.84. The van der Waals surface area contributed by atoms with Gasteiger partial charge in [0.15, 0.2) is 13.2 Å². The summed E-state index contributed by atoms with van der Waals surface area (Å²) in [5.74, 6) is -0.806. The first-order chi connectivity index (χ1) is 13.0. The number of hydrogen-bond donors (Lipinski definition) is 0. The maximum Gasteiger partial charge on any atom is 0.344 e. The molecule has 0 saturated carbocycles. The Kier molecular flexibility index (Phi) is 5.36. The van der Waals surface area contributed by atoms with E-state index in [-0.39, 0.29) is 29.8 Å². The molecule has 0 aliphatic rings. The zero-order valence-electron chi connectivity index (χ0n) is 13.7. The Hall–Kier alpha value is -3.82. The fourth-order valence-electron chi connectivity index (χ4n) is 2.04. The zero-order chi connectivity index (χ0) is 19.2. The number of nitro groups is 1. The summed E-state index contributed by atoms with van der Waals surface area (Å²) in [7, 11) is 0. The zero-order valence-corrected chi connectivity index (χ0v) is 13.7. The Morgan fingerprint density at radius 2 is 1.96 bits per heavy atom. The number of ether oxygens (including phenoxy) is 2. The number of esters is 1. The minimum Gasteiger partial charge on any atom is -0.482 e. The molecule has 0 amide bonds. The lowest BCUT2D eigenvalue weighted by Gasteiger charge is -2.05. The SMILES string of the molecule is O=C(COc1cccc(F)c1)OCc1nnc(-c2ccc([N+](=O)[O-])cc2)o1. The Morgan fingerprint density at radius 1 is 1.19 bits per heavy atom. The van der Waals surface area contributed by atoms with Crippen molar-refractivity contribution >= 4 is 11.7 Å². The lowest BCUT2D eigenvalue weighted by Crippen LogP contribution is -2.14. The molecule has 2 aromatic carbocycles. The van der Waals surface area contributed by atoms with Crippen LogP contribution in [0.3, 0.4) is 0 Å². The third-order valence-electron chi connectivity index (χ3n) is 3.30. The molecule has 3 aromatic rings. The van der Waals surface area contributed by atoms with Crippen molar-refractivity contribution in [1.29, 1.82) is 0 Å². The third-order valence-corrected chi connectivity index (χ3v) is 3.30. The lowest BCUT2D eigenvalue weighted by molar-refractivity contribution is -0.384. The molecule has 3 rings (SSSR count). The summed E-state index contributed by atoms with van der Waals surface area (Å²) in [6, 6.07) is 10.9. The van der Waals surface area contributed by atoms with Gasteiger partial charge in [0.05, 0.1) is 4.92 Å². The van der Waals surface area contributed by atoms with Gasteiger partial charge in [-0.25, -0.2) is 9.18 Å². The van der Waals surface area contributed by atoms with Crippen LogP contribution in [-0.2, 0) is 16.1 Å². The highest BCUT2D eigenvalue weighted by atomic mass is 19.1. The van der Waals surface area contributed by atoms with Gasteiger partial charge in [-0.05, 0) is 24.3 Å². The van der Waals surface area contributed by atoms with Crippen LogP contribution in [0.2, 0.25) is 0 Å². The summed E-state index contributed by atoms with van der Waals surface area (Å²) >= 11 is 0. The maximum atomic E-state index is 13.0. The molecule has 27 heavy (non-hydrogen) atoms. The smallest absolute Gasteiger partial charge is 0.344 e. The van der Waals surface area contributed by atoms with Crippen molar-refractivity contribution in [3.8, 4) is 17.2 Å². The van der Waals surface area contributed by atoms with E-state index in [1.54, 1.807) is 0 Å². The Balaban J connectivity index is 1.51. The second kappa shape index (κ2) is 8.04. The largest absolute Gasteiger partial charge is 0.482 e. The monoisotopic (exact) mass is 373 g/mol. The van der Waals surface area contributed by atoms with E-state index in [4.69, 9.17) is 13.9 Å². The van der Waals surface area contributed by atoms with Crippen molar-refractivity contribution in [3.63, 3.8) is 0 Å². The van der Waals surface area contributed by atoms with Crippen molar-refractivity contribution < 1.29 is 28.0 Å². The number of benzene rings is 2. The predicted molar refractivity (Wildman–Crippen MR) is 88.1 cm³/mol. The highest BCUT2D eigenvalue weighted by Gasteiger charge is 2.13. The fraction of sp³-hybridized carbons (Fsp3) is 0.118. The van der Waals surface area contributed by atoms with Crippen molar-refractivity contribution in [2.45, 2.75) is 6.61 Å². The average molecular weight is 373 g/mol. The number of carbonyl (C=O) groups excluding carboxylic acids is 1. The van der Waals surface area contributed by atoms with E-state index < -0.39 is 23.3 Å². The molecule has 1 aromatic heterocycles. The minimum absolute atomic E-state index is 0.0439. The molecule has 0 aliphatic heterocycles. The standard InChI is InChI=1S/C17H12FN3O6/c18-12-2-1-3-14(8-12)25-10-16(22)26-9-15-19-20-17(27-15)11-4-6-13(7-5-11)21(23)24/h1-8H,9-10H2. The molecular weight excluding hydrogens is 361 g/mol. The predicted octanol–water partition coefficient (Wildman–Crippen LogP) is 2.91. The van der Waals surface area contributed by atoms with Crippen LogP contribution in [-0.4, -0.2) is 27.7 Å². The maximum absolute atomic E-state index is 13.0. The van der Waals surface area contributed by atoms with Crippen LogP contribution in [0.5, 0.6) is 5.75 Å². The lowest BCUT2D eigenvalue weighted by atomic mass is 10.2. The van der Waals surface area contributed by atoms with Crippen LogP contribution in [0, 0.1) is 15.9 Å². The van der Waals surface area contributed by atoms with E-state index in [0.29, 0.717) is 5.56 Å². The van der Waals surface area contributed by atoms with Crippen LogP contribution >= 0.6 is 0 Å². The van der Waals surface area contributed by atoms with Crippen LogP contribution in [0.15, 0.2) is 52.9 Å². The summed E-state index contributed by atoms with van der Waals surface area (Å²) in [5.41, 5.74) is 0.422. The first-order valence-corrected chi connectivity index (χ1v) is 7.62. The van der Waals surface area contributed by atoms with Crippen molar-refractivity contribution in [3.05, 3.63) is 70.4 Å². The summed E-state index contributed by atoms with van der Waals surface area (Å²) in [6.07, 6.45) is 0. The summed E-state index contributed by atoms with van der Waals surface area (Å²) in [6.45, 7) is -0.682. The van der Waals surface area contributed by atoms with E-state index in [0.717, 1.165) is 6.07 Å². The normalized spacial score (nSPS) is 10.4. The van der Waals surface area contributed by atoms with Crippen molar-refractivity contribution in [2.24, 2.45) is 0 Å². The van der Waals surface area contributed by atoms with Gasteiger partial charge < -0.3 is 13.9 Å².